The fourth-order valence-electron chi connectivity index (χ4n) is 3.49. The average Bonchev–Trinajstić information content (AvgIpc) is 3.36. The van der Waals surface area contributed by atoms with E-state index < -0.39 is 30.4 Å². The van der Waals surface area contributed by atoms with Gasteiger partial charge in [-0.3, -0.25) is 4.57 Å². The van der Waals surface area contributed by atoms with Crippen molar-refractivity contribution in [2.45, 2.75) is 45.1 Å². The summed E-state index contributed by atoms with van der Waals surface area (Å²) >= 11 is 12.0. The van der Waals surface area contributed by atoms with Gasteiger partial charge in [-0.25, -0.2) is 27.9 Å². The number of halogens is 4. The summed E-state index contributed by atoms with van der Waals surface area (Å²) < 4.78 is 30.8. The van der Waals surface area contributed by atoms with Crippen molar-refractivity contribution < 1.29 is 19.0 Å². The van der Waals surface area contributed by atoms with Crippen molar-refractivity contribution >= 4 is 23.2 Å². The molecule has 2 aromatic carbocycles. The second kappa shape index (κ2) is 10.1. The fourth-order valence-corrected chi connectivity index (χ4v) is 3.80. The number of benzene rings is 2. The Morgan fingerprint density at radius 2 is 1.75 bits per heavy atom. The van der Waals surface area contributed by atoms with Crippen LogP contribution in [-0.4, -0.2) is 51.4 Å². The predicted octanol–water partition coefficient (Wildman–Crippen LogP) is 3.72. The van der Waals surface area contributed by atoms with Gasteiger partial charge in [-0.2, -0.15) is 0 Å². The molecule has 0 fully saturated rings. The first kappa shape index (κ1) is 26.0. The molecule has 4 rings (SSSR count). The van der Waals surface area contributed by atoms with Crippen molar-refractivity contribution in [2.75, 3.05) is 0 Å². The summed E-state index contributed by atoms with van der Waals surface area (Å²) in [6.07, 6.45) is -3.12. The quantitative estimate of drug-likeness (QED) is 0.353. The highest BCUT2D eigenvalue weighted by Gasteiger charge is 2.34. The van der Waals surface area contributed by atoms with E-state index in [0.717, 1.165) is 9.25 Å². The number of aliphatic hydroxyl groups is 2. The number of nitrogens with zero attached hydrogens (tertiary/aromatic N) is 6. The van der Waals surface area contributed by atoms with Gasteiger partial charge in [0.1, 0.15) is 18.8 Å². The Morgan fingerprint density at radius 3 is 2.36 bits per heavy atom. The summed E-state index contributed by atoms with van der Waals surface area (Å²) in [5, 5.41) is 29.8. The summed E-state index contributed by atoms with van der Waals surface area (Å²) in [5.74, 6) is -3.03. The second-order valence-corrected chi connectivity index (χ2v) is 9.18. The number of hydrogen-bond donors (Lipinski definition) is 2. The molecule has 0 saturated heterocycles. The van der Waals surface area contributed by atoms with Gasteiger partial charge in [-0.1, -0.05) is 29.3 Å². The third-order valence-electron chi connectivity index (χ3n) is 5.36. The van der Waals surface area contributed by atoms with E-state index >= 15 is 0 Å². The van der Waals surface area contributed by atoms with Gasteiger partial charge >= 0.3 is 5.69 Å². The van der Waals surface area contributed by atoms with Crippen molar-refractivity contribution in [3.8, 4) is 17.1 Å². The molecule has 0 aliphatic carbocycles. The maximum Gasteiger partial charge on any atom is 0.346 e. The SMILES string of the molecule is C[C@H](O)c1nc(Cn2nc(-c3ccc(Cl)cc3)n(C[C@H](O)C(C)(F)F)c2=O)nn1-c1cccc(Cl)c1. The third-order valence-corrected chi connectivity index (χ3v) is 5.85. The number of hydrogen-bond acceptors (Lipinski definition) is 6. The lowest BCUT2D eigenvalue weighted by molar-refractivity contribution is -0.0993. The Kier molecular flexibility index (Phi) is 7.28. The van der Waals surface area contributed by atoms with Gasteiger partial charge in [0.25, 0.3) is 5.92 Å². The van der Waals surface area contributed by atoms with E-state index in [4.69, 9.17) is 23.2 Å². The van der Waals surface area contributed by atoms with Crippen LogP contribution in [0.1, 0.15) is 31.6 Å². The lowest BCUT2D eigenvalue weighted by atomic mass is 10.2. The van der Waals surface area contributed by atoms with Crippen molar-refractivity contribution in [3.63, 3.8) is 0 Å². The molecule has 36 heavy (non-hydrogen) atoms. The Balaban J connectivity index is 1.77. The fraction of sp³-hybridized carbons (Fsp3) is 0.304. The monoisotopic (exact) mass is 538 g/mol. The first-order chi connectivity index (χ1) is 16.9. The largest absolute Gasteiger partial charge is 0.385 e. The third kappa shape index (κ3) is 5.49. The molecule has 2 N–H and O–H groups in total. The topological polar surface area (TPSA) is 111 Å². The molecule has 0 amide bonds. The summed E-state index contributed by atoms with van der Waals surface area (Å²) in [6.45, 7) is 1.17. The second-order valence-electron chi connectivity index (χ2n) is 8.31. The predicted molar refractivity (Wildman–Crippen MR) is 130 cm³/mol. The lowest BCUT2D eigenvalue weighted by Crippen LogP contribution is -2.38. The Bertz CT molecular complexity index is 1430. The smallest absolute Gasteiger partial charge is 0.346 e. The van der Waals surface area contributed by atoms with Crippen LogP contribution in [0.25, 0.3) is 17.1 Å². The first-order valence-corrected chi connectivity index (χ1v) is 11.6. The van der Waals surface area contributed by atoms with Crippen molar-refractivity contribution in [3.05, 3.63) is 80.7 Å². The highest BCUT2D eigenvalue weighted by atomic mass is 35.5. The van der Waals surface area contributed by atoms with Crippen LogP contribution >= 0.6 is 23.2 Å². The zero-order valence-electron chi connectivity index (χ0n) is 19.2. The number of aromatic nitrogens is 6. The van der Waals surface area contributed by atoms with E-state index in [1.165, 1.54) is 11.6 Å². The van der Waals surface area contributed by atoms with Gasteiger partial charge in [0.15, 0.2) is 17.5 Å². The minimum Gasteiger partial charge on any atom is -0.385 e. The molecule has 0 aliphatic rings. The van der Waals surface area contributed by atoms with Crippen LogP contribution in [0.15, 0.2) is 53.3 Å². The molecule has 0 unspecified atom stereocenters. The Morgan fingerprint density at radius 1 is 1.06 bits per heavy atom. The molecule has 4 aromatic rings. The van der Waals surface area contributed by atoms with Crippen LogP contribution in [-0.2, 0) is 13.1 Å². The minimum absolute atomic E-state index is 0.0602. The molecular weight excluding hydrogens is 517 g/mol. The molecule has 0 bridgehead atoms. The van der Waals surface area contributed by atoms with E-state index in [1.54, 1.807) is 48.5 Å². The molecule has 0 saturated carbocycles. The van der Waals surface area contributed by atoms with Gasteiger partial charge < -0.3 is 10.2 Å². The average molecular weight is 539 g/mol. The van der Waals surface area contributed by atoms with Gasteiger partial charge in [0.2, 0.25) is 0 Å². The molecule has 190 valence electrons. The molecule has 0 spiro atoms. The van der Waals surface area contributed by atoms with Crippen LogP contribution in [0.2, 0.25) is 10.0 Å². The maximum atomic E-state index is 13.7. The van der Waals surface area contributed by atoms with Crippen molar-refractivity contribution in [1.82, 2.24) is 29.1 Å². The van der Waals surface area contributed by atoms with E-state index in [9.17, 15) is 23.8 Å². The van der Waals surface area contributed by atoms with E-state index in [2.05, 4.69) is 15.2 Å². The van der Waals surface area contributed by atoms with Gasteiger partial charge in [0.05, 0.1) is 12.2 Å². The van der Waals surface area contributed by atoms with Crippen LogP contribution in [0.4, 0.5) is 8.78 Å². The van der Waals surface area contributed by atoms with Crippen LogP contribution in [0, 0.1) is 0 Å². The van der Waals surface area contributed by atoms with Crippen molar-refractivity contribution in [1.29, 1.82) is 0 Å². The molecular formula is C23H22Cl2F2N6O3. The zero-order chi connectivity index (χ0) is 26.2. The Hall–Kier alpha value is -3.12. The van der Waals surface area contributed by atoms with E-state index in [0.29, 0.717) is 28.2 Å². The summed E-state index contributed by atoms with van der Waals surface area (Å²) in [4.78, 5) is 17.5. The van der Waals surface area contributed by atoms with Gasteiger partial charge in [-0.15, -0.1) is 10.2 Å². The lowest BCUT2D eigenvalue weighted by Gasteiger charge is -2.18. The zero-order valence-corrected chi connectivity index (χ0v) is 20.7. The molecule has 2 heterocycles. The first-order valence-electron chi connectivity index (χ1n) is 10.8. The highest BCUT2D eigenvalue weighted by molar-refractivity contribution is 6.31. The Labute approximate surface area is 214 Å². The molecule has 2 atom stereocenters. The summed E-state index contributed by atoms with van der Waals surface area (Å²) in [7, 11) is 0. The van der Waals surface area contributed by atoms with Crippen LogP contribution < -0.4 is 5.69 Å². The molecule has 0 aliphatic heterocycles. The highest BCUT2D eigenvalue weighted by Crippen LogP contribution is 2.23. The number of aliphatic hydroxyl groups excluding tert-OH is 2. The van der Waals surface area contributed by atoms with Gasteiger partial charge in [-0.05, 0) is 49.4 Å². The molecule has 9 nitrogen and oxygen atoms in total. The maximum absolute atomic E-state index is 13.7. The summed E-state index contributed by atoms with van der Waals surface area (Å²) in [5.41, 5.74) is 0.232. The van der Waals surface area contributed by atoms with Crippen LogP contribution in [0.5, 0.6) is 0 Å². The van der Waals surface area contributed by atoms with Crippen LogP contribution in [0.3, 0.4) is 0 Å². The summed E-state index contributed by atoms with van der Waals surface area (Å²) in [6, 6.07) is 13.1. The molecule has 2 aromatic heterocycles. The minimum atomic E-state index is -3.44. The molecule has 13 heteroatoms. The van der Waals surface area contributed by atoms with E-state index in [-0.39, 0.29) is 24.0 Å². The number of rotatable bonds is 8. The van der Waals surface area contributed by atoms with Crippen molar-refractivity contribution in [2.24, 2.45) is 0 Å². The van der Waals surface area contributed by atoms with E-state index in [1.807, 2.05) is 0 Å². The molecule has 0 radical (unpaired) electrons. The number of alkyl halides is 2. The normalized spacial score (nSPS) is 13.7. The standard InChI is InChI=1S/C23H22Cl2F2N6O3/c1-13(34)20-28-19(29-33(20)17-5-3-4-16(25)10-17)12-32-22(36)31(11-18(35)23(2,26)27)21(30-32)14-6-8-15(24)9-7-14/h3-10,13,18,34-35H,11-12H2,1-2H3/t13-,18-/m0/s1. The van der Waals surface area contributed by atoms with Gasteiger partial charge in [0, 0.05) is 22.5 Å².